The first kappa shape index (κ1) is 23.3. The Kier molecular flexibility index (Phi) is 7.53. The molecule has 0 spiro atoms. The third-order valence-corrected chi connectivity index (χ3v) is 7.27. The van der Waals surface area contributed by atoms with Gasteiger partial charge in [-0.25, -0.2) is 4.39 Å². The molecule has 3 fully saturated rings. The van der Waals surface area contributed by atoms with Crippen LogP contribution in [0.25, 0.3) is 0 Å². The lowest BCUT2D eigenvalue weighted by Gasteiger charge is -2.36. The molecule has 1 aromatic carbocycles. The third-order valence-electron chi connectivity index (χ3n) is 6.96. The molecule has 3 aliphatic rings. The molecule has 2 aliphatic carbocycles. The number of hydrogen-bond donors (Lipinski definition) is 3. The van der Waals surface area contributed by atoms with Crippen LogP contribution < -0.4 is 20.9 Å². The van der Waals surface area contributed by atoms with E-state index in [9.17, 15) is 14.0 Å². The van der Waals surface area contributed by atoms with Crippen LogP contribution in [0.3, 0.4) is 0 Å². The number of ether oxygens (including phenoxy) is 1. The van der Waals surface area contributed by atoms with Gasteiger partial charge >= 0.3 is 0 Å². The summed E-state index contributed by atoms with van der Waals surface area (Å²) in [5.74, 6) is -0.0335. The van der Waals surface area contributed by atoms with Gasteiger partial charge in [0.15, 0.2) is 6.61 Å². The maximum atomic E-state index is 13.5. The Hall–Kier alpha value is -1.90. The summed E-state index contributed by atoms with van der Waals surface area (Å²) in [5.41, 5.74) is 3.05. The van der Waals surface area contributed by atoms with E-state index >= 15 is 0 Å². The summed E-state index contributed by atoms with van der Waals surface area (Å²) in [5, 5.41) is 6.07. The minimum Gasteiger partial charge on any atom is -0.484 e. The summed E-state index contributed by atoms with van der Waals surface area (Å²) in [4.78, 5) is 30.8. The standard InChI is InChI=1S/C23H31ClFN3O4/c1-2-3-13-8-15(32-28-13)11-26-23(30)18-10-21(17-6-5-16(17)18)27-22(29)12-31-14-4-7-19(24)20(25)9-14/h4,7,9,13,15-18,21,28H,2-3,5-6,8,10-12H2,1H3,(H,26,30)(H,27,29)/t13?,15?,16?,17?,18?,21-/m0/s1. The van der Waals surface area contributed by atoms with Crippen molar-refractivity contribution in [3.8, 4) is 5.75 Å². The Morgan fingerprint density at radius 2 is 2.09 bits per heavy atom. The molecule has 5 unspecified atom stereocenters. The monoisotopic (exact) mass is 467 g/mol. The predicted octanol–water partition coefficient (Wildman–Crippen LogP) is 2.97. The summed E-state index contributed by atoms with van der Waals surface area (Å²) in [6.45, 7) is 2.43. The lowest BCUT2D eigenvalue weighted by molar-refractivity contribution is -0.128. The highest BCUT2D eigenvalue weighted by molar-refractivity contribution is 6.30. The minimum atomic E-state index is -0.591. The molecule has 1 aliphatic heterocycles. The van der Waals surface area contributed by atoms with E-state index in [1.54, 1.807) is 0 Å². The number of carbonyl (C=O) groups excluding carboxylic acids is 2. The first-order valence-electron chi connectivity index (χ1n) is 11.5. The van der Waals surface area contributed by atoms with Gasteiger partial charge in [0, 0.05) is 30.6 Å². The van der Waals surface area contributed by atoms with E-state index in [-0.39, 0.29) is 47.3 Å². The molecule has 0 radical (unpaired) electrons. The van der Waals surface area contributed by atoms with Crippen LogP contribution in [-0.2, 0) is 14.4 Å². The van der Waals surface area contributed by atoms with Gasteiger partial charge in [0.1, 0.15) is 11.6 Å². The molecule has 0 bridgehead atoms. The highest BCUT2D eigenvalue weighted by Crippen LogP contribution is 2.50. The van der Waals surface area contributed by atoms with E-state index < -0.39 is 5.82 Å². The average molecular weight is 468 g/mol. The van der Waals surface area contributed by atoms with E-state index in [0.717, 1.165) is 38.2 Å². The second kappa shape index (κ2) is 10.4. The van der Waals surface area contributed by atoms with Crippen molar-refractivity contribution in [1.82, 2.24) is 16.1 Å². The molecule has 7 nitrogen and oxygen atoms in total. The van der Waals surface area contributed by atoms with E-state index in [1.165, 1.54) is 12.1 Å². The molecule has 32 heavy (non-hydrogen) atoms. The normalized spacial score (nSPS) is 31.0. The highest BCUT2D eigenvalue weighted by atomic mass is 35.5. The molecule has 3 N–H and O–H groups in total. The minimum absolute atomic E-state index is 0.000515. The zero-order valence-corrected chi connectivity index (χ0v) is 19.0. The van der Waals surface area contributed by atoms with Gasteiger partial charge in [-0.2, -0.15) is 5.48 Å². The van der Waals surface area contributed by atoms with E-state index in [0.29, 0.717) is 30.8 Å². The predicted molar refractivity (Wildman–Crippen MR) is 117 cm³/mol. The van der Waals surface area contributed by atoms with Crippen LogP contribution >= 0.6 is 11.6 Å². The lowest BCUT2D eigenvalue weighted by atomic mass is 9.71. The van der Waals surface area contributed by atoms with Gasteiger partial charge in [-0.05, 0) is 56.1 Å². The van der Waals surface area contributed by atoms with Crippen molar-refractivity contribution < 1.29 is 23.6 Å². The Labute approximate surface area is 192 Å². The first-order chi connectivity index (χ1) is 15.4. The smallest absolute Gasteiger partial charge is 0.258 e. The SMILES string of the molecule is CCCC1CC(CNC(=O)C2C[C@H](NC(=O)COc3ccc(Cl)c(F)c3)C3CCC23)ON1. The van der Waals surface area contributed by atoms with Gasteiger partial charge in [0.25, 0.3) is 5.91 Å². The zero-order chi connectivity index (χ0) is 22.7. The molecule has 176 valence electrons. The van der Waals surface area contributed by atoms with Crippen LogP contribution in [0.1, 0.15) is 45.4 Å². The van der Waals surface area contributed by atoms with Crippen molar-refractivity contribution >= 4 is 23.4 Å². The number of carbonyl (C=O) groups is 2. The van der Waals surface area contributed by atoms with Crippen molar-refractivity contribution in [2.24, 2.45) is 17.8 Å². The van der Waals surface area contributed by atoms with Gasteiger partial charge in [0.05, 0.1) is 11.1 Å². The van der Waals surface area contributed by atoms with Crippen LogP contribution in [-0.4, -0.2) is 43.2 Å². The molecule has 1 saturated heterocycles. The van der Waals surface area contributed by atoms with Gasteiger partial charge in [-0.3, -0.25) is 14.4 Å². The van der Waals surface area contributed by atoms with Crippen molar-refractivity contribution in [2.45, 2.75) is 63.6 Å². The van der Waals surface area contributed by atoms with Gasteiger partial charge in [-0.1, -0.05) is 24.9 Å². The molecular weight excluding hydrogens is 437 g/mol. The van der Waals surface area contributed by atoms with Crippen molar-refractivity contribution in [1.29, 1.82) is 0 Å². The molecule has 9 heteroatoms. The highest BCUT2D eigenvalue weighted by Gasteiger charge is 2.51. The second-order valence-electron chi connectivity index (χ2n) is 9.11. The molecule has 1 aromatic rings. The lowest BCUT2D eigenvalue weighted by Crippen LogP contribution is -2.43. The summed E-state index contributed by atoms with van der Waals surface area (Å²) >= 11 is 5.66. The number of hydrogen-bond acceptors (Lipinski definition) is 5. The van der Waals surface area contributed by atoms with Crippen LogP contribution in [0.15, 0.2) is 18.2 Å². The van der Waals surface area contributed by atoms with E-state index in [4.69, 9.17) is 21.2 Å². The fourth-order valence-electron chi connectivity index (χ4n) is 5.21. The quantitative estimate of drug-likeness (QED) is 0.519. The van der Waals surface area contributed by atoms with Crippen molar-refractivity contribution in [3.63, 3.8) is 0 Å². The van der Waals surface area contributed by atoms with Crippen LogP contribution in [0.2, 0.25) is 5.02 Å². The number of halogens is 2. The van der Waals surface area contributed by atoms with Crippen LogP contribution in [0, 0.1) is 23.6 Å². The number of benzene rings is 1. The fourth-order valence-corrected chi connectivity index (χ4v) is 5.32. The molecule has 6 atom stereocenters. The fraction of sp³-hybridized carbons (Fsp3) is 0.652. The molecule has 4 rings (SSSR count). The summed E-state index contributed by atoms with van der Waals surface area (Å²) < 4.78 is 18.9. The molecule has 2 amide bonds. The van der Waals surface area contributed by atoms with E-state index in [2.05, 4.69) is 23.0 Å². The number of nitrogens with one attached hydrogen (secondary N) is 3. The van der Waals surface area contributed by atoms with Gasteiger partial charge < -0.3 is 15.4 Å². The first-order valence-corrected chi connectivity index (χ1v) is 11.9. The van der Waals surface area contributed by atoms with Gasteiger partial charge in [0.2, 0.25) is 5.91 Å². The number of amides is 2. The Morgan fingerprint density at radius 1 is 1.28 bits per heavy atom. The Balaban J connectivity index is 1.22. The Morgan fingerprint density at radius 3 is 2.81 bits per heavy atom. The van der Waals surface area contributed by atoms with Gasteiger partial charge in [-0.15, -0.1) is 0 Å². The second-order valence-corrected chi connectivity index (χ2v) is 9.52. The van der Waals surface area contributed by atoms with Crippen LogP contribution in [0.4, 0.5) is 4.39 Å². The number of rotatable bonds is 9. The summed E-state index contributed by atoms with van der Waals surface area (Å²) in [6.07, 6.45) is 5.72. The topological polar surface area (TPSA) is 88.7 Å². The third kappa shape index (κ3) is 5.35. The van der Waals surface area contributed by atoms with Crippen molar-refractivity contribution in [2.75, 3.05) is 13.2 Å². The molecular formula is C23H31ClFN3O4. The number of fused-ring (bicyclic) bond motifs is 1. The van der Waals surface area contributed by atoms with Crippen LogP contribution in [0.5, 0.6) is 5.75 Å². The maximum Gasteiger partial charge on any atom is 0.258 e. The average Bonchev–Trinajstić information content (AvgIpc) is 3.28. The summed E-state index contributed by atoms with van der Waals surface area (Å²) in [6, 6.07) is 4.38. The zero-order valence-electron chi connectivity index (χ0n) is 18.2. The molecule has 0 aromatic heterocycles. The maximum absolute atomic E-state index is 13.5. The van der Waals surface area contributed by atoms with E-state index in [1.807, 2.05) is 0 Å². The molecule has 1 heterocycles. The summed E-state index contributed by atoms with van der Waals surface area (Å²) in [7, 11) is 0. The number of hydroxylamine groups is 1. The molecule has 2 saturated carbocycles. The largest absolute Gasteiger partial charge is 0.484 e. The van der Waals surface area contributed by atoms with Crippen molar-refractivity contribution in [3.05, 3.63) is 29.0 Å². The Bertz CT molecular complexity index is 841.